The van der Waals surface area contributed by atoms with Crippen molar-refractivity contribution in [3.8, 4) is 11.8 Å². The normalized spacial score (nSPS) is 14.8. The van der Waals surface area contributed by atoms with Gasteiger partial charge >= 0.3 is 0 Å². The third-order valence-electron chi connectivity index (χ3n) is 3.95. The summed E-state index contributed by atoms with van der Waals surface area (Å²) in [5.74, 6) is 6.30. The summed E-state index contributed by atoms with van der Waals surface area (Å²) in [6.45, 7) is 4.15. The molecule has 0 radical (unpaired) electrons. The molecule has 1 aromatic carbocycles. The molecule has 120 valence electrons. The average molecular weight is 332 g/mol. The second-order valence-corrected chi connectivity index (χ2v) is 7.24. The molecule has 1 fully saturated rings. The van der Waals surface area contributed by atoms with Crippen LogP contribution in [-0.4, -0.2) is 30.2 Å². The molecule has 0 amide bonds. The predicted octanol–water partition coefficient (Wildman–Crippen LogP) is 2.73. The van der Waals surface area contributed by atoms with Crippen molar-refractivity contribution < 1.29 is 0 Å². The van der Waals surface area contributed by atoms with Crippen molar-refractivity contribution in [2.75, 3.05) is 13.1 Å². The third kappa shape index (κ3) is 5.02. The van der Waals surface area contributed by atoms with Gasteiger partial charge in [-0.15, -0.1) is 0 Å². The van der Waals surface area contributed by atoms with Crippen LogP contribution in [0.2, 0.25) is 0 Å². The van der Waals surface area contributed by atoms with E-state index >= 15 is 0 Å². The summed E-state index contributed by atoms with van der Waals surface area (Å²) in [6, 6.07) is 14.6. The van der Waals surface area contributed by atoms with Crippen LogP contribution in [0.3, 0.4) is 0 Å². The molecule has 0 atom stereocenters. The summed E-state index contributed by atoms with van der Waals surface area (Å²) in [5.41, 5.74) is 4.61. The average Bonchev–Trinajstić information content (AvgIpc) is 2.57. The van der Waals surface area contributed by atoms with Crippen molar-refractivity contribution in [3.63, 3.8) is 0 Å². The van der Waals surface area contributed by atoms with Crippen LogP contribution in [0.15, 0.2) is 59.0 Å². The predicted molar refractivity (Wildman–Crippen MR) is 105 cm³/mol. The summed E-state index contributed by atoms with van der Waals surface area (Å²) in [5, 5.41) is 0. The number of piperidine rings is 1. The minimum atomic E-state index is 0.847. The van der Waals surface area contributed by atoms with Crippen molar-refractivity contribution >= 4 is 25.3 Å². The van der Waals surface area contributed by atoms with Crippen LogP contribution in [0, 0.1) is 18.8 Å². The Hall–Kier alpha value is -1.96. The summed E-state index contributed by atoms with van der Waals surface area (Å²) < 4.78 is 2.45. The Morgan fingerprint density at radius 2 is 1.96 bits per heavy atom. The number of aromatic nitrogens is 1. The molecule has 0 bridgehead atoms. The van der Waals surface area contributed by atoms with Crippen LogP contribution in [0.1, 0.15) is 24.2 Å². The fourth-order valence-corrected chi connectivity index (χ4v) is 3.70. The van der Waals surface area contributed by atoms with Gasteiger partial charge < -0.3 is 0 Å². The summed E-state index contributed by atoms with van der Waals surface area (Å²) in [4.78, 5) is 5.73. The highest BCUT2D eigenvalue weighted by Gasteiger charge is 2.14. The van der Waals surface area contributed by atoms with Gasteiger partial charge in [-0.2, -0.15) is 0 Å². The van der Waals surface area contributed by atoms with Crippen LogP contribution >= 0.6 is 11.9 Å². The fourth-order valence-electron chi connectivity index (χ4n) is 2.65. The van der Waals surface area contributed by atoms with Gasteiger partial charge in [-0.3, -0.25) is 0 Å². The first kappa shape index (κ1) is 16.9. The Kier molecular flexibility index (Phi) is 5.79. The smallest absolute Gasteiger partial charge is 0.139 e. The molecule has 24 heavy (non-hydrogen) atoms. The molecule has 1 aliphatic heterocycles. The lowest BCUT2D eigenvalue weighted by molar-refractivity contribution is 0.434. The zero-order valence-electron chi connectivity index (χ0n) is 14.2. The van der Waals surface area contributed by atoms with E-state index in [9.17, 15) is 0 Å². The zero-order chi connectivity index (χ0) is 16.8. The summed E-state index contributed by atoms with van der Waals surface area (Å²) in [7, 11) is 2.14. The van der Waals surface area contributed by atoms with E-state index in [-0.39, 0.29) is 0 Å². The molecular weight excluding hydrogens is 311 g/mol. The molecule has 0 unspecified atom stereocenters. The van der Waals surface area contributed by atoms with E-state index in [1.807, 2.05) is 37.1 Å². The first-order valence-electron chi connectivity index (χ1n) is 8.32. The quantitative estimate of drug-likeness (QED) is 0.478. The maximum Gasteiger partial charge on any atom is 0.139 e. The second kappa shape index (κ2) is 8.23. The SMILES string of the molecule is Bc1cccc(SN2CCC(=CC#Cc3cccc(C)n3)CC2)c1. The Bertz CT molecular complexity index is 795. The highest BCUT2D eigenvalue weighted by Crippen LogP contribution is 2.27. The molecule has 3 rings (SSSR count). The van der Waals surface area contributed by atoms with Gasteiger partial charge in [0.2, 0.25) is 0 Å². The molecule has 0 saturated carbocycles. The van der Waals surface area contributed by atoms with Gasteiger partial charge in [-0.25, -0.2) is 9.29 Å². The molecule has 4 heteroatoms. The molecule has 0 N–H and O–H groups in total. The lowest BCUT2D eigenvalue weighted by Gasteiger charge is -2.26. The van der Waals surface area contributed by atoms with E-state index in [0.717, 1.165) is 37.3 Å². The van der Waals surface area contributed by atoms with Crippen LogP contribution < -0.4 is 5.46 Å². The highest BCUT2D eigenvalue weighted by molar-refractivity contribution is 7.97. The van der Waals surface area contributed by atoms with E-state index in [0.29, 0.717) is 0 Å². The van der Waals surface area contributed by atoms with Gasteiger partial charge in [0.25, 0.3) is 0 Å². The van der Waals surface area contributed by atoms with Crippen molar-refractivity contribution in [1.82, 2.24) is 9.29 Å². The van der Waals surface area contributed by atoms with E-state index < -0.39 is 0 Å². The zero-order valence-corrected chi connectivity index (χ0v) is 15.1. The Morgan fingerprint density at radius 3 is 2.71 bits per heavy atom. The number of rotatable bonds is 2. The number of allylic oxidation sites excluding steroid dienone is 1. The van der Waals surface area contributed by atoms with Gasteiger partial charge in [0.1, 0.15) is 13.5 Å². The minimum absolute atomic E-state index is 0.847. The number of hydrogen-bond donors (Lipinski definition) is 0. The van der Waals surface area contributed by atoms with Gasteiger partial charge in [-0.1, -0.05) is 41.2 Å². The largest absolute Gasteiger partial charge is 0.246 e. The molecule has 2 nitrogen and oxygen atoms in total. The van der Waals surface area contributed by atoms with Gasteiger partial charge in [0.05, 0.1) is 0 Å². The van der Waals surface area contributed by atoms with E-state index in [2.05, 4.69) is 59.3 Å². The molecular formula is C20H21BN2S. The topological polar surface area (TPSA) is 16.1 Å². The number of pyridine rings is 1. The Labute approximate surface area is 149 Å². The van der Waals surface area contributed by atoms with Crippen molar-refractivity contribution in [3.05, 3.63) is 65.5 Å². The van der Waals surface area contributed by atoms with E-state index in [1.54, 1.807) is 0 Å². The highest BCUT2D eigenvalue weighted by atomic mass is 32.2. The Morgan fingerprint density at radius 1 is 1.17 bits per heavy atom. The number of benzene rings is 1. The van der Waals surface area contributed by atoms with Gasteiger partial charge in [0, 0.05) is 23.7 Å². The van der Waals surface area contributed by atoms with Crippen molar-refractivity contribution in [2.24, 2.45) is 0 Å². The molecule has 2 heterocycles. The fraction of sp³-hybridized carbons (Fsp3) is 0.250. The maximum atomic E-state index is 4.41. The Balaban J connectivity index is 1.53. The molecule has 1 aromatic heterocycles. The second-order valence-electron chi connectivity index (χ2n) is 6.07. The third-order valence-corrected chi connectivity index (χ3v) is 5.04. The first-order chi connectivity index (χ1) is 11.7. The summed E-state index contributed by atoms with van der Waals surface area (Å²) in [6.07, 6.45) is 4.27. The molecule has 2 aromatic rings. The van der Waals surface area contributed by atoms with Crippen LogP contribution in [0.25, 0.3) is 0 Å². The van der Waals surface area contributed by atoms with Crippen LogP contribution in [-0.2, 0) is 0 Å². The minimum Gasteiger partial charge on any atom is -0.246 e. The molecule has 0 spiro atoms. The van der Waals surface area contributed by atoms with Gasteiger partial charge in [-0.05, 0) is 61.9 Å². The summed E-state index contributed by atoms with van der Waals surface area (Å²) >= 11 is 1.86. The van der Waals surface area contributed by atoms with Crippen molar-refractivity contribution in [2.45, 2.75) is 24.7 Å². The lowest BCUT2D eigenvalue weighted by atomic mass is 9.97. The molecule has 1 aliphatic rings. The number of hydrogen-bond acceptors (Lipinski definition) is 3. The monoisotopic (exact) mass is 332 g/mol. The van der Waals surface area contributed by atoms with E-state index in [1.165, 1.54) is 15.9 Å². The standard InChI is InChI=1S/C20H21BN2S/c1-16-5-2-8-19(22-16)9-3-6-17-11-13-23(14-12-17)24-20-10-4-7-18(21)15-20/h2,4-8,10,15H,11-14,21H2,1H3. The maximum absolute atomic E-state index is 4.41. The number of nitrogens with zero attached hydrogens (tertiary/aromatic N) is 2. The van der Waals surface area contributed by atoms with Crippen LogP contribution in [0.5, 0.6) is 0 Å². The van der Waals surface area contributed by atoms with Crippen LogP contribution in [0.4, 0.5) is 0 Å². The van der Waals surface area contributed by atoms with E-state index in [4.69, 9.17) is 0 Å². The number of aryl methyl sites for hydroxylation is 1. The van der Waals surface area contributed by atoms with Crippen molar-refractivity contribution in [1.29, 1.82) is 0 Å². The first-order valence-corrected chi connectivity index (χ1v) is 9.09. The molecule has 1 saturated heterocycles. The van der Waals surface area contributed by atoms with Gasteiger partial charge in [0.15, 0.2) is 0 Å². The molecule has 0 aliphatic carbocycles. The lowest BCUT2D eigenvalue weighted by Crippen LogP contribution is -2.24.